The lowest BCUT2D eigenvalue weighted by Crippen LogP contribution is -2.17. The van der Waals surface area contributed by atoms with Crippen molar-refractivity contribution in [3.8, 4) is 5.75 Å². The van der Waals surface area contributed by atoms with Crippen LogP contribution in [0.15, 0.2) is 24.3 Å². The highest BCUT2D eigenvalue weighted by Gasteiger charge is 2.05. The fraction of sp³-hybridized carbons (Fsp3) is 0.111. The molecule has 0 unspecified atom stereocenters. The number of halogens is 1. The summed E-state index contributed by atoms with van der Waals surface area (Å²) < 4.78 is 4.60. The summed E-state index contributed by atoms with van der Waals surface area (Å²) in [6, 6.07) is 6.16. The normalized spacial score (nSPS) is 9.29. The third kappa shape index (κ3) is 2.74. The highest BCUT2D eigenvalue weighted by molar-refractivity contribution is 6.61. The standard InChI is InChI=1S/C9H8ClNO3/c1-11-8(12)6-3-2-4-7(5-6)14-9(10)13/h2-5H,1H3,(H,11,12). The second-order valence-electron chi connectivity index (χ2n) is 2.45. The van der Waals surface area contributed by atoms with Gasteiger partial charge in [-0.25, -0.2) is 4.79 Å². The number of benzene rings is 1. The molecule has 0 saturated heterocycles. The van der Waals surface area contributed by atoms with Crippen molar-refractivity contribution in [3.63, 3.8) is 0 Å². The molecule has 0 heterocycles. The number of carbonyl (C=O) groups excluding carboxylic acids is 2. The third-order valence-corrected chi connectivity index (χ3v) is 1.60. The maximum absolute atomic E-state index is 11.2. The van der Waals surface area contributed by atoms with Gasteiger partial charge in [-0.15, -0.1) is 0 Å². The first-order valence-electron chi connectivity index (χ1n) is 3.83. The van der Waals surface area contributed by atoms with Gasteiger partial charge in [-0.05, 0) is 18.2 Å². The Labute approximate surface area is 85.8 Å². The van der Waals surface area contributed by atoms with Gasteiger partial charge >= 0.3 is 5.43 Å². The highest BCUT2D eigenvalue weighted by atomic mass is 35.5. The lowest BCUT2D eigenvalue weighted by molar-refractivity contribution is 0.0962. The minimum atomic E-state index is -0.931. The summed E-state index contributed by atoms with van der Waals surface area (Å²) in [6.07, 6.45) is 0. The van der Waals surface area contributed by atoms with Gasteiger partial charge < -0.3 is 10.1 Å². The maximum atomic E-state index is 11.2. The first kappa shape index (κ1) is 10.5. The molecule has 1 rings (SSSR count). The molecular weight excluding hydrogens is 206 g/mol. The summed E-state index contributed by atoms with van der Waals surface area (Å²) in [5.74, 6) is -0.0106. The van der Waals surface area contributed by atoms with Crippen molar-refractivity contribution < 1.29 is 14.3 Å². The van der Waals surface area contributed by atoms with E-state index >= 15 is 0 Å². The minimum Gasteiger partial charge on any atom is -0.414 e. The Kier molecular flexibility index (Phi) is 3.48. The van der Waals surface area contributed by atoms with E-state index < -0.39 is 5.43 Å². The average Bonchev–Trinajstić information content (AvgIpc) is 2.16. The van der Waals surface area contributed by atoms with Crippen LogP contribution < -0.4 is 10.1 Å². The third-order valence-electron chi connectivity index (χ3n) is 1.52. The van der Waals surface area contributed by atoms with Gasteiger partial charge in [0.2, 0.25) is 0 Å². The van der Waals surface area contributed by atoms with E-state index in [1.54, 1.807) is 12.1 Å². The Morgan fingerprint density at radius 3 is 2.71 bits per heavy atom. The van der Waals surface area contributed by atoms with Crippen LogP contribution in [0.25, 0.3) is 0 Å². The topological polar surface area (TPSA) is 55.4 Å². The lowest BCUT2D eigenvalue weighted by Gasteiger charge is -2.02. The first-order valence-corrected chi connectivity index (χ1v) is 4.20. The summed E-state index contributed by atoms with van der Waals surface area (Å²) in [7, 11) is 1.52. The predicted molar refractivity (Wildman–Crippen MR) is 51.7 cm³/mol. The highest BCUT2D eigenvalue weighted by Crippen LogP contribution is 2.14. The molecule has 0 radical (unpaired) electrons. The lowest BCUT2D eigenvalue weighted by atomic mass is 10.2. The Morgan fingerprint density at radius 2 is 2.14 bits per heavy atom. The van der Waals surface area contributed by atoms with E-state index in [2.05, 4.69) is 10.1 Å². The van der Waals surface area contributed by atoms with Crippen molar-refractivity contribution in [2.45, 2.75) is 0 Å². The molecule has 14 heavy (non-hydrogen) atoms. The van der Waals surface area contributed by atoms with Crippen molar-refractivity contribution in [2.24, 2.45) is 0 Å². The average molecular weight is 214 g/mol. The zero-order valence-electron chi connectivity index (χ0n) is 7.41. The van der Waals surface area contributed by atoms with E-state index in [1.165, 1.54) is 19.2 Å². The summed E-state index contributed by atoms with van der Waals surface area (Å²) in [5.41, 5.74) is -0.526. The van der Waals surface area contributed by atoms with Crippen LogP contribution in [0.3, 0.4) is 0 Å². The molecule has 74 valence electrons. The van der Waals surface area contributed by atoms with Crippen molar-refractivity contribution in [1.82, 2.24) is 5.32 Å². The van der Waals surface area contributed by atoms with E-state index in [9.17, 15) is 9.59 Å². The Bertz CT molecular complexity index is 365. The molecule has 1 amide bonds. The van der Waals surface area contributed by atoms with Gasteiger partial charge in [0.15, 0.2) is 0 Å². The fourth-order valence-corrected chi connectivity index (χ4v) is 1.03. The SMILES string of the molecule is CNC(=O)c1cccc(OC(=O)Cl)c1. The van der Waals surface area contributed by atoms with Crippen LogP contribution in [-0.2, 0) is 0 Å². The second-order valence-corrected chi connectivity index (χ2v) is 2.76. The summed E-state index contributed by atoms with van der Waals surface area (Å²) in [5, 5.41) is 2.45. The largest absolute Gasteiger partial charge is 0.414 e. The molecule has 1 aromatic rings. The molecule has 0 aliphatic heterocycles. The molecule has 0 saturated carbocycles. The van der Waals surface area contributed by atoms with E-state index in [1.807, 2.05) is 0 Å². The molecule has 5 heteroatoms. The zero-order valence-corrected chi connectivity index (χ0v) is 8.17. The van der Waals surface area contributed by atoms with Crippen LogP contribution in [0, 0.1) is 0 Å². The molecule has 0 atom stereocenters. The molecular formula is C9H8ClNO3. The molecule has 0 aliphatic carbocycles. The number of amides is 1. The zero-order chi connectivity index (χ0) is 10.6. The predicted octanol–water partition coefficient (Wildman–Crippen LogP) is 1.78. The van der Waals surface area contributed by atoms with Gasteiger partial charge in [0, 0.05) is 24.2 Å². The van der Waals surface area contributed by atoms with Crippen LogP contribution in [0.5, 0.6) is 5.75 Å². The molecule has 0 spiro atoms. The fourth-order valence-electron chi connectivity index (χ4n) is 0.938. The number of rotatable bonds is 2. The van der Waals surface area contributed by atoms with Crippen LogP contribution in [0.4, 0.5) is 4.79 Å². The molecule has 1 aromatic carbocycles. The number of ether oxygens (including phenoxy) is 1. The van der Waals surface area contributed by atoms with Gasteiger partial charge in [-0.2, -0.15) is 0 Å². The van der Waals surface area contributed by atoms with Gasteiger partial charge in [-0.1, -0.05) is 6.07 Å². The maximum Gasteiger partial charge on any atom is 0.409 e. The smallest absolute Gasteiger partial charge is 0.409 e. The van der Waals surface area contributed by atoms with E-state index in [-0.39, 0.29) is 11.7 Å². The quantitative estimate of drug-likeness (QED) is 0.762. The van der Waals surface area contributed by atoms with Crippen LogP contribution in [0.1, 0.15) is 10.4 Å². The van der Waals surface area contributed by atoms with E-state index in [0.717, 1.165) is 0 Å². The molecule has 1 N–H and O–H groups in total. The number of carbonyl (C=O) groups is 2. The van der Waals surface area contributed by atoms with Gasteiger partial charge in [0.25, 0.3) is 5.91 Å². The van der Waals surface area contributed by atoms with Gasteiger partial charge in [0.05, 0.1) is 0 Å². The first-order chi connectivity index (χ1) is 6.63. The Balaban J connectivity index is 2.89. The number of hydrogen-bond donors (Lipinski definition) is 1. The van der Waals surface area contributed by atoms with E-state index in [0.29, 0.717) is 5.56 Å². The Hall–Kier alpha value is -1.55. The van der Waals surface area contributed by atoms with Crippen LogP contribution in [0.2, 0.25) is 0 Å². The van der Waals surface area contributed by atoms with Gasteiger partial charge in [0.1, 0.15) is 5.75 Å². The van der Waals surface area contributed by atoms with Crippen molar-refractivity contribution >= 4 is 22.9 Å². The monoisotopic (exact) mass is 213 g/mol. The van der Waals surface area contributed by atoms with Crippen LogP contribution in [-0.4, -0.2) is 18.4 Å². The van der Waals surface area contributed by atoms with Crippen LogP contribution >= 0.6 is 11.6 Å². The molecule has 0 fully saturated rings. The Morgan fingerprint density at radius 1 is 1.43 bits per heavy atom. The summed E-state index contributed by atoms with van der Waals surface area (Å²) in [4.78, 5) is 21.6. The van der Waals surface area contributed by atoms with Crippen molar-refractivity contribution in [1.29, 1.82) is 0 Å². The minimum absolute atomic E-state index is 0.242. The molecule has 4 nitrogen and oxygen atoms in total. The molecule has 0 aliphatic rings. The molecule has 0 bridgehead atoms. The number of nitrogens with one attached hydrogen (secondary N) is 1. The second kappa shape index (κ2) is 4.62. The van der Waals surface area contributed by atoms with Crippen molar-refractivity contribution in [2.75, 3.05) is 7.05 Å². The number of hydrogen-bond acceptors (Lipinski definition) is 3. The van der Waals surface area contributed by atoms with Crippen molar-refractivity contribution in [3.05, 3.63) is 29.8 Å². The van der Waals surface area contributed by atoms with Gasteiger partial charge in [-0.3, -0.25) is 4.79 Å². The van der Waals surface area contributed by atoms with E-state index in [4.69, 9.17) is 11.6 Å². The summed E-state index contributed by atoms with van der Waals surface area (Å²) >= 11 is 5.02. The molecule has 0 aromatic heterocycles. The summed E-state index contributed by atoms with van der Waals surface area (Å²) in [6.45, 7) is 0.